The van der Waals surface area contributed by atoms with Crippen LogP contribution in [0.5, 0.6) is 0 Å². The lowest BCUT2D eigenvalue weighted by atomic mass is 9.98. The number of nitrogens with one attached hydrogen (secondary N) is 3. The second-order valence-corrected chi connectivity index (χ2v) is 11.3. The van der Waals surface area contributed by atoms with Gasteiger partial charge < -0.3 is 20.9 Å². The zero-order valence-corrected chi connectivity index (χ0v) is 24.6. The molecule has 0 radical (unpaired) electrons. The van der Waals surface area contributed by atoms with Crippen molar-refractivity contribution in [1.29, 1.82) is 5.26 Å². The summed E-state index contributed by atoms with van der Waals surface area (Å²) < 4.78 is 0. The van der Waals surface area contributed by atoms with Crippen molar-refractivity contribution in [1.82, 2.24) is 20.3 Å². The van der Waals surface area contributed by atoms with E-state index in [0.717, 1.165) is 65.2 Å². The van der Waals surface area contributed by atoms with Crippen LogP contribution in [-0.4, -0.2) is 39.6 Å². The Morgan fingerprint density at radius 3 is 2.40 bits per heavy atom. The summed E-state index contributed by atoms with van der Waals surface area (Å²) >= 11 is 0. The monoisotopic (exact) mass is 556 g/mol. The normalized spacial score (nSPS) is 13.9. The second-order valence-electron chi connectivity index (χ2n) is 11.3. The Morgan fingerprint density at radius 1 is 0.975 bits per heavy atom. The number of benzene rings is 2. The summed E-state index contributed by atoms with van der Waals surface area (Å²) in [5.41, 5.74) is 6.21. The number of para-hydroxylation sites is 1. The molecular formula is C31H37ClN8. The highest BCUT2D eigenvalue weighted by molar-refractivity contribution is 5.98. The first kappa shape index (κ1) is 29.1. The van der Waals surface area contributed by atoms with Crippen LogP contribution in [0.25, 0.3) is 10.9 Å². The minimum atomic E-state index is 0. The molecular weight excluding hydrogens is 520 g/mol. The largest absolute Gasteiger partial charge is 0.370 e. The van der Waals surface area contributed by atoms with Gasteiger partial charge in [0.25, 0.3) is 0 Å². The van der Waals surface area contributed by atoms with Gasteiger partial charge in [-0.3, -0.25) is 0 Å². The van der Waals surface area contributed by atoms with E-state index < -0.39 is 0 Å². The van der Waals surface area contributed by atoms with Crippen molar-refractivity contribution >= 4 is 52.1 Å². The lowest BCUT2D eigenvalue weighted by Gasteiger charge is -2.38. The number of pyridine rings is 1. The molecule has 2 aromatic heterocycles. The van der Waals surface area contributed by atoms with Gasteiger partial charge in [0.2, 0.25) is 5.95 Å². The molecule has 40 heavy (non-hydrogen) atoms. The molecule has 0 unspecified atom stereocenters. The van der Waals surface area contributed by atoms with Crippen molar-refractivity contribution in [2.45, 2.75) is 59.0 Å². The fourth-order valence-electron chi connectivity index (χ4n) is 5.23. The summed E-state index contributed by atoms with van der Waals surface area (Å²) in [7, 11) is 0. The third kappa shape index (κ3) is 6.61. The predicted octanol–water partition coefficient (Wildman–Crippen LogP) is 6.78. The van der Waals surface area contributed by atoms with Crippen LogP contribution >= 0.6 is 12.4 Å². The third-order valence-electron chi connectivity index (χ3n) is 6.96. The van der Waals surface area contributed by atoms with Gasteiger partial charge in [-0.1, -0.05) is 18.2 Å². The van der Waals surface area contributed by atoms with E-state index >= 15 is 0 Å². The lowest BCUT2D eigenvalue weighted by molar-refractivity contribution is 0.317. The summed E-state index contributed by atoms with van der Waals surface area (Å²) in [6.07, 6.45) is 3.80. The summed E-state index contributed by atoms with van der Waals surface area (Å²) in [6, 6.07) is 18.9. The number of hydrogen-bond donors (Lipinski definition) is 3. The van der Waals surface area contributed by atoms with Crippen LogP contribution in [0.2, 0.25) is 0 Å². The smallest absolute Gasteiger partial charge is 0.227 e. The Balaban J connectivity index is 0.00000370. The highest BCUT2D eigenvalue weighted by atomic mass is 35.5. The zero-order chi connectivity index (χ0) is 27.6. The van der Waals surface area contributed by atoms with Crippen LogP contribution in [0, 0.1) is 25.2 Å². The maximum atomic E-state index is 10.4. The molecule has 3 heterocycles. The molecule has 0 spiro atoms. The maximum Gasteiger partial charge on any atom is 0.227 e. The van der Waals surface area contributed by atoms with Gasteiger partial charge in [0.1, 0.15) is 11.6 Å². The number of anilines is 5. The highest BCUT2D eigenvalue weighted by Gasteiger charge is 2.27. The van der Waals surface area contributed by atoms with Crippen molar-refractivity contribution in [3.8, 4) is 6.07 Å². The van der Waals surface area contributed by atoms with Gasteiger partial charge in [0, 0.05) is 53.3 Å². The van der Waals surface area contributed by atoms with E-state index in [4.69, 9.17) is 4.98 Å². The molecule has 8 nitrogen and oxygen atoms in total. The van der Waals surface area contributed by atoms with E-state index in [1.54, 1.807) is 6.20 Å². The average molecular weight is 557 g/mol. The number of fused-ring (bicyclic) bond motifs is 1. The molecule has 5 rings (SSSR count). The van der Waals surface area contributed by atoms with Gasteiger partial charge in [-0.2, -0.15) is 5.26 Å². The molecule has 0 atom stereocenters. The van der Waals surface area contributed by atoms with Gasteiger partial charge in [-0.05, 0) is 83.4 Å². The molecule has 0 saturated carbocycles. The first-order valence-corrected chi connectivity index (χ1v) is 13.5. The number of piperidine rings is 1. The van der Waals surface area contributed by atoms with Crippen LogP contribution in [-0.2, 0) is 0 Å². The Bertz CT molecular complexity index is 1530. The fourth-order valence-corrected chi connectivity index (χ4v) is 5.23. The summed E-state index contributed by atoms with van der Waals surface area (Å²) in [5.74, 6) is 1.14. The molecule has 2 aromatic carbocycles. The number of aromatic nitrogens is 3. The van der Waals surface area contributed by atoms with Gasteiger partial charge >= 0.3 is 0 Å². The Kier molecular flexibility index (Phi) is 8.77. The van der Waals surface area contributed by atoms with E-state index in [-0.39, 0.29) is 17.9 Å². The molecule has 208 valence electrons. The van der Waals surface area contributed by atoms with Crippen molar-refractivity contribution in [3.63, 3.8) is 0 Å². The Morgan fingerprint density at radius 2 is 1.73 bits per heavy atom. The van der Waals surface area contributed by atoms with Crippen LogP contribution in [0.3, 0.4) is 0 Å². The number of nitrogens with zero attached hydrogens (tertiary/aromatic N) is 5. The molecule has 1 saturated heterocycles. The van der Waals surface area contributed by atoms with E-state index in [1.165, 1.54) is 0 Å². The SMILES string of the molecule is Cc1ccnc(Nc2ccc(Nc3nc4ccccc4c(N4CCC(NC(C)(C)C)CC4)c3C#N)cc2C)n1.Cl. The second kappa shape index (κ2) is 12.1. The molecule has 1 aliphatic heterocycles. The first-order chi connectivity index (χ1) is 18.7. The van der Waals surface area contributed by atoms with Crippen LogP contribution in [0.4, 0.5) is 28.8 Å². The van der Waals surface area contributed by atoms with Crippen LogP contribution in [0.1, 0.15) is 50.4 Å². The van der Waals surface area contributed by atoms with E-state index in [1.807, 2.05) is 56.3 Å². The predicted molar refractivity (Wildman–Crippen MR) is 166 cm³/mol. The van der Waals surface area contributed by atoms with Gasteiger partial charge in [0.15, 0.2) is 5.82 Å². The molecule has 0 aliphatic carbocycles. The summed E-state index contributed by atoms with van der Waals surface area (Å²) in [6.45, 7) is 12.4. The highest BCUT2D eigenvalue weighted by Crippen LogP contribution is 2.37. The van der Waals surface area contributed by atoms with Crippen LogP contribution in [0.15, 0.2) is 54.7 Å². The Hall–Kier alpha value is -3.93. The molecule has 0 bridgehead atoms. The number of halogens is 1. The molecule has 3 N–H and O–H groups in total. The van der Waals surface area contributed by atoms with E-state index in [9.17, 15) is 5.26 Å². The molecule has 1 fully saturated rings. The van der Waals surface area contributed by atoms with Gasteiger partial charge in [-0.15, -0.1) is 12.4 Å². The topological polar surface area (TPSA) is 102 Å². The molecule has 0 amide bonds. The molecule has 4 aromatic rings. The Labute approximate surface area is 242 Å². The van der Waals surface area contributed by atoms with Crippen molar-refractivity contribution in [2.24, 2.45) is 0 Å². The molecule has 9 heteroatoms. The van der Waals surface area contributed by atoms with Gasteiger partial charge in [0.05, 0.1) is 11.2 Å². The van der Waals surface area contributed by atoms with Crippen molar-refractivity contribution in [3.05, 3.63) is 71.5 Å². The average Bonchev–Trinajstić information content (AvgIpc) is 2.89. The van der Waals surface area contributed by atoms with Crippen molar-refractivity contribution < 1.29 is 0 Å². The first-order valence-electron chi connectivity index (χ1n) is 13.5. The number of rotatable bonds is 6. The zero-order valence-electron chi connectivity index (χ0n) is 23.7. The number of hydrogen-bond acceptors (Lipinski definition) is 8. The van der Waals surface area contributed by atoms with Gasteiger partial charge in [-0.25, -0.2) is 15.0 Å². The third-order valence-corrected chi connectivity index (χ3v) is 6.96. The fraction of sp³-hybridized carbons (Fsp3) is 0.355. The van der Waals surface area contributed by atoms with E-state index in [2.05, 4.69) is 63.7 Å². The molecule has 1 aliphatic rings. The van der Waals surface area contributed by atoms with E-state index in [0.29, 0.717) is 23.4 Å². The lowest BCUT2D eigenvalue weighted by Crippen LogP contribution is -2.49. The summed E-state index contributed by atoms with van der Waals surface area (Å²) in [5, 5.41) is 21.8. The number of aryl methyl sites for hydroxylation is 2. The maximum absolute atomic E-state index is 10.4. The number of nitriles is 1. The minimum Gasteiger partial charge on any atom is -0.370 e. The van der Waals surface area contributed by atoms with Crippen LogP contribution < -0.4 is 20.9 Å². The van der Waals surface area contributed by atoms with Crippen molar-refractivity contribution in [2.75, 3.05) is 28.6 Å². The quantitative estimate of drug-likeness (QED) is 0.239. The standard InChI is InChI=1S/C31H36N8.ClH/c1-20-18-23(10-11-26(20)37-30-33-15-12-21(2)34-30)35-29-25(19-32)28(24-8-6-7-9-27(24)36-29)39-16-13-22(14-17-39)38-31(3,4)5;/h6-12,15,18,22,38H,13-14,16-17H2,1-5H3,(H,35,36)(H,33,34,37);1H. The summed E-state index contributed by atoms with van der Waals surface area (Å²) in [4.78, 5) is 16.0. The minimum absolute atomic E-state index is 0.